The predicted octanol–water partition coefficient (Wildman–Crippen LogP) is 17.0. The van der Waals surface area contributed by atoms with Gasteiger partial charge in [0.05, 0.1) is 0 Å². The third-order valence-electron chi connectivity index (χ3n) is 20.2. The Labute approximate surface area is 438 Å². The number of aryl methyl sites for hydroxylation is 2. The molecule has 0 spiro atoms. The molecule has 3 heteroatoms. The zero-order valence-corrected chi connectivity index (χ0v) is 47.0. The van der Waals surface area contributed by atoms with Crippen LogP contribution < -0.4 is 26.2 Å². The monoisotopic (exact) mass is 957 g/mol. The van der Waals surface area contributed by atoms with E-state index in [2.05, 4.69) is 236 Å². The van der Waals surface area contributed by atoms with Gasteiger partial charge in [-0.15, -0.1) is 0 Å². The van der Waals surface area contributed by atoms with Gasteiger partial charge in [0.1, 0.15) is 0 Å². The molecule has 0 atom stereocenters. The van der Waals surface area contributed by atoms with Crippen molar-refractivity contribution in [2.45, 2.75) is 181 Å². The standard InChI is InChI=1S/C70H77BN2/c1-41-32-48-51(66(7,8)30-28-64(48,3)4)37-56(41)72-55-27-26-46-45-24-20-21-25-47(45)70(15,16)61(46)63(55)71-54-36-50-53(69(13,14)40-68(50,11)12)39-58(54)73(60-35-44(34-59(72)62(60)71)43-22-18-17-19-23-43)57-38-52-49(33-42(57)2)65(5,6)29-31-67(52,9)10/h17-27,32-39H,28-31,40H2,1-16H3. The van der Waals surface area contributed by atoms with Gasteiger partial charge in [-0.1, -0.05) is 176 Å². The summed E-state index contributed by atoms with van der Waals surface area (Å²) in [6.07, 6.45) is 5.85. The van der Waals surface area contributed by atoms with Crippen molar-refractivity contribution in [3.63, 3.8) is 0 Å². The third-order valence-corrected chi connectivity index (χ3v) is 20.2. The molecular weight excluding hydrogens is 880 g/mol. The minimum atomic E-state index is -0.232. The molecule has 0 unspecified atom stereocenters. The summed E-state index contributed by atoms with van der Waals surface area (Å²) in [5.74, 6) is 0. The van der Waals surface area contributed by atoms with Crippen LogP contribution in [0.3, 0.4) is 0 Å². The first-order valence-corrected chi connectivity index (χ1v) is 27.8. The molecule has 0 bridgehead atoms. The van der Waals surface area contributed by atoms with Gasteiger partial charge < -0.3 is 9.80 Å². The molecule has 6 aliphatic rings. The van der Waals surface area contributed by atoms with Gasteiger partial charge in [-0.05, 0) is 209 Å². The third kappa shape index (κ3) is 6.42. The maximum Gasteiger partial charge on any atom is 0.252 e. The van der Waals surface area contributed by atoms with E-state index in [4.69, 9.17) is 0 Å². The van der Waals surface area contributed by atoms with E-state index in [1.165, 1.54) is 154 Å². The Balaban J connectivity index is 1.22. The maximum absolute atomic E-state index is 2.78. The van der Waals surface area contributed by atoms with Crippen molar-refractivity contribution in [1.82, 2.24) is 0 Å². The van der Waals surface area contributed by atoms with Crippen LogP contribution in [0.25, 0.3) is 22.3 Å². The summed E-state index contributed by atoms with van der Waals surface area (Å²) in [7, 11) is 0. The zero-order chi connectivity index (χ0) is 51.5. The minimum absolute atomic E-state index is 0.0118. The summed E-state index contributed by atoms with van der Waals surface area (Å²) in [4.78, 5) is 5.54. The molecule has 2 heterocycles. The largest absolute Gasteiger partial charge is 0.311 e. The second-order valence-corrected chi connectivity index (χ2v) is 28.3. The van der Waals surface area contributed by atoms with Crippen molar-refractivity contribution in [3.05, 3.63) is 171 Å². The van der Waals surface area contributed by atoms with Gasteiger partial charge in [0.2, 0.25) is 0 Å². The Kier molecular flexibility index (Phi) is 9.48. The topological polar surface area (TPSA) is 6.48 Å². The second kappa shape index (κ2) is 14.7. The molecule has 2 nitrogen and oxygen atoms in total. The van der Waals surface area contributed by atoms with Crippen molar-refractivity contribution in [2.24, 2.45) is 0 Å². The molecule has 0 radical (unpaired) electrons. The Hall–Kier alpha value is -5.80. The summed E-state index contributed by atoms with van der Waals surface area (Å²) in [6, 6.07) is 46.6. The number of rotatable bonds is 3. The van der Waals surface area contributed by atoms with Gasteiger partial charge in [0.25, 0.3) is 6.71 Å². The minimum Gasteiger partial charge on any atom is -0.311 e. The van der Waals surface area contributed by atoms with Gasteiger partial charge >= 0.3 is 0 Å². The fourth-order valence-corrected chi connectivity index (χ4v) is 16.1. The zero-order valence-electron chi connectivity index (χ0n) is 47.0. The molecular formula is C70H77BN2. The van der Waals surface area contributed by atoms with E-state index in [9.17, 15) is 0 Å². The predicted molar refractivity (Wildman–Crippen MR) is 314 cm³/mol. The van der Waals surface area contributed by atoms with Crippen molar-refractivity contribution >= 4 is 57.2 Å². The van der Waals surface area contributed by atoms with Crippen molar-refractivity contribution < 1.29 is 0 Å². The SMILES string of the molecule is Cc1cc2c(cc1N1c3cc4c(cc3B3c5c1cc(-c1ccccc1)cc5N(c1cc5c(cc1C)C(C)(C)CCC5(C)C)c1ccc5c(c13)C(C)(C)c1ccccc1-5)C(C)(C)CC4(C)C)C(C)(C)CCC2(C)C. The smallest absolute Gasteiger partial charge is 0.252 e. The van der Waals surface area contributed by atoms with Crippen LogP contribution >= 0.6 is 0 Å². The summed E-state index contributed by atoms with van der Waals surface area (Å²) in [6.45, 7) is 39.7. The molecule has 0 fully saturated rings. The molecule has 0 N–H and O–H groups in total. The summed E-state index contributed by atoms with van der Waals surface area (Å²) >= 11 is 0. The maximum atomic E-state index is 2.78. The first-order valence-electron chi connectivity index (χ1n) is 27.8. The fraction of sp³-hybridized carbons (Fsp3) is 0.400. The lowest BCUT2D eigenvalue weighted by molar-refractivity contribution is 0.332. The highest BCUT2D eigenvalue weighted by Gasteiger charge is 2.52. The van der Waals surface area contributed by atoms with Crippen LogP contribution in [0, 0.1) is 13.8 Å². The second-order valence-electron chi connectivity index (χ2n) is 28.3. The number of hydrogen-bond donors (Lipinski definition) is 0. The van der Waals surface area contributed by atoms with Crippen molar-refractivity contribution in [1.29, 1.82) is 0 Å². The van der Waals surface area contributed by atoms with Crippen LogP contribution in [-0.4, -0.2) is 6.71 Å². The van der Waals surface area contributed by atoms with Crippen LogP contribution in [0.15, 0.2) is 115 Å². The number of anilines is 6. The summed E-state index contributed by atoms with van der Waals surface area (Å²) < 4.78 is 0. The molecule has 7 aromatic rings. The average molecular weight is 957 g/mol. The van der Waals surface area contributed by atoms with Gasteiger partial charge in [-0.25, -0.2) is 0 Å². The van der Waals surface area contributed by atoms with Crippen molar-refractivity contribution in [2.75, 3.05) is 9.80 Å². The lowest BCUT2D eigenvalue weighted by Crippen LogP contribution is -2.63. The highest BCUT2D eigenvalue weighted by Crippen LogP contribution is 2.58. The van der Waals surface area contributed by atoms with Gasteiger partial charge in [0.15, 0.2) is 0 Å². The molecule has 4 aliphatic carbocycles. The summed E-state index contributed by atoms with van der Waals surface area (Å²) in [5.41, 5.74) is 32.2. The van der Waals surface area contributed by atoms with E-state index in [1.807, 2.05) is 0 Å². The molecule has 0 saturated carbocycles. The van der Waals surface area contributed by atoms with E-state index in [0.717, 1.165) is 6.42 Å². The van der Waals surface area contributed by atoms with E-state index < -0.39 is 0 Å². The van der Waals surface area contributed by atoms with E-state index in [1.54, 1.807) is 0 Å². The van der Waals surface area contributed by atoms with E-state index in [-0.39, 0.29) is 44.6 Å². The molecule has 7 aromatic carbocycles. The molecule has 2 aliphatic heterocycles. The van der Waals surface area contributed by atoms with Crippen LogP contribution in [0.1, 0.15) is 185 Å². The van der Waals surface area contributed by atoms with Gasteiger partial charge in [-0.3, -0.25) is 0 Å². The summed E-state index contributed by atoms with van der Waals surface area (Å²) in [5, 5.41) is 0. The van der Waals surface area contributed by atoms with Crippen LogP contribution in [0.5, 0.6) is 0 Å². The molecule has 73 heavy (non-hydrogen) atoms. The van der Waals surface area contributed by atoms with Crippen LogP contribution in [0.4, 0.5) is 34.1 Å². The molecule has 13 rings (SSSR count). The van der Waals surface area contributed by atoms with E-state index in [0.29, 0.717) is 0 Å². The lowest BCUT2D eigenvalue weighted by atomic mass is 9.32. The highest BCUT2D eigenvalue weighted by molar-refractivity contribution is 7.00. The number of hydrogen-bond acceptors (Lipinski definition) is 2. The Morgan fingerprint density at radius 1 is 0.356 bits per heavy atom. The number of fused-ring (bicyclic) bond motifs is 11. The van der Waals surface area contributed by atoms with Gasteiger partial charge in [-0.2, -0.15) is 0 Å². The average Bonchev–Trinajstić information content (AvgIpc) is 3.70. The quantitative estimate of drug-likeness (QED) is 0.163. The molecule has 0 aromatic heterocycles. The van der Waals surface area contributed by atoms with Crippen LogP contribution in [0.2, 0.25) is 0 Å². The Bertz CT molecular complexity index is 3560. The number of nitrogens with zero attached hydrogens (tertiary/aromatic N) is 2. The molecule has 0 saturated heterocycles. The lowest BCUT2D eigenvalue weighted by Gasteiger charge is -2.48. The normalized spacial score (nSPS) is 20.7. The molecule has 370 valence electrons. The first kappa shape index (κ1) is 47.0. The number of benzene rings is 7. The first-order chi connectivity index (χ1) is 34.2. The van der Waals surface area contributed by atoms with E-state index >= 15 is 0 Å². The highest BCUT2D eigenvalue weighted by atomic mass is 15.2. The van der Waals surface area contributed by atoms with Gasteiger partial charge in [0, 0.05) is 39.5 Å². The van der Waals surface area contributed by atoms with Crippen LogP contribution in [-0.2, 0) is 37.9 Å². The van der Waals surface area contributed by atoms with Crippen molar-refractivity contribution in [3.8, 4) is 22.3 Å². The Morgan fingerprint density at radius 3 is 1.36 bits per heavy atom. The fourth-order valence-electron chi connectivity index (χ4n) is 16.1. The Morgan fingerprint density at radius 2 is 0.808 bits per heavy atom. The molecule has 0 amide bonds.